The summed E-state index contributed by atoms with van der Waals surface area (Å²) in [6.07, 6.45) is 3.60. The topological polar surface area (TPSA) is 69.2 Å². The van der Waals surface area contributed by atoms with Crippen molar-refractivity contribution in [1.82, 2.24) is 15.0 Å². The smallest absolute Gasteiger partial charge is 0.231 e. The number of rotatable bonds is 4. The molecule has 0 unspecified atom stereocenters. The molecule has 0 saturated carbocycles. The van der Waals surface area contributed by atoms with Crippen LogP contribution < -0.4 is 14.8 Å². The predicted molar refractivity (Wildman–Crippen MR) is 93.5 cm³/mol. The molecule has 24 heavy (non-hydrogen) atoms. The third-order valence-electron chi connectivity index (χ3n) is 3.53. The SMILES string of the molecule is CC(C)Nc1ncc(-c2ccc3c(c2)OCO3)c(-c2nccs2)n1. The molecule has 0 fully saturated rings. The van der Waals surface area contributed by atoms with Crippen LogP contribution in [0.25, 0.3) is 21.8 Å². The summed E-state index contributed by atoms with van der Waals surface area (Å²) in [5.74, 6) is 2.09. The van der Waals surface area contributed by atoms with Gasteiger partial charge in [0, 0.05) is 29.4 Å². The van der Waals surface area contributed by atoms with Crippen LogP contribution in [0.5, 0.6) is 11.5 Å². The first-order chi connectivity index (χ1) is 11.7. The number of thiazole rings is 1. The van der Waals surface area contributed by atoms with Crippen molar-refractivity contribution in [3.63, 3.8) is 0 Å². The lowest BCUT2D eigenvalue weighted by atomic mass is 10.1. The summed E-state index contributed by atoms with van der Waals surface area (Å²) in [5.41, 5.74) is 2.69. The molecule has 122 valence electrons. The van der Waals surface area contributed by atoms with Crippen LogP contribution >= 0.6 is 11.3 Å². The lowest BCUT2D eigenvalue weighted by Gasteiger charge is -2.12. The molecule has 2 aromatic heterocycles. The summed E-state index contributed by atoms with van der Waals surface area (Å²) in [6, 6.07) is 6.10. The summed E-state index contributed by atoms with van der Waals surface area (Å²) >= 11 is 1.55. The van der Waals surface area contributed by atoms with Crippen LogP contribution in [0.4, 0.5) is 5.95 Å². The maximum absolute atomic E-state index is 5.48. The Morgan fingerprint density at radius 1 is 1.17 bits per heavy atom. The highest BCUT2D eigenvalue weighted by atomic mass is 32.1. The lowest BCUT2D eigenvalue weighted by Crippen LogP contribution is -2.13. The van der Waals surface area contributed by atoms with Crippen molar-refractivity contribution in [3.05, 3.63) is 36.0 Å². The fraction of sp³-hybridized carbons (Fsp3) is 0.235. The molecule has 1 N–H and O–H groups in total. The summed E-state index contributed by atoms with van der Waals surface area (Å²) in [5, 5.41) is 6.04. The van der Waals surface area contributed by atoms with Crippen molar-refractivity contribution >= 4 is 17.3 Å². The van der Waals surface area contributed by atoms with Crippen molar-refractivity contribution in [2.45, 2.75) is 19.9 Å². The Hall–Kier alpha value is -2.67. The Morgan fingerprint density at radius 3 is 2.83 bits per heavy atom. The predicted octanol–water partition coefficient (Wildman–Crippen LogP) is 3.82. The van der Waals surface area contributed by atoms with E-state index in [-0.39, 0.29) is 12.8 Å². The minimum atomic E-state index is 0.255. The maximum Gasteiger partial charge on any atom is 0.231 e. The molecule has 7 heteroatoms. The quantitative estimate of drug-likeness (QED) is 0.779. The molecular weight excluding hydrogens is 324 g/mol. The van der Waals surface area contributed by atoms with Gasteiger partial charge in [-0.1, -0.05) is 6.07 Å². The Morgan fingerprint density at radius 2 is 2.04 bits per heavy atom. The molecule has 1 aliphatic rings. The first-order valence-electron chi connectivity index (χ1n) is 7.64. The van der Waals surface area contributed by atoms with E-state index in [9.17, 15) is 0 Å². The molecule has 0 spiro atoms. The molecule has 3 heterocycles. The first kappa shape index (κ1) is 14.9. The van der Waals surface area contributed by atoms with Gasteiger partial charge >= 0.3 is 0 Å². The number of hydrogen-bond donors (Lipinski definition) is 1. The summed E-state index contributed by atoms with van der Waals surface area (Å²) < 4.78 is 10.9. The zero-order valence-corrected chi connectivity index (χ0v) is 14.1. The second kappa shape index (κ2) is 6.09. The van der Waals surface area contributed by atoms with E-state index >= 15 is 0 Å². The molecule has 4 rings (SSSR count). The second-order valence-electron chi connectivity index (χ2n) is 5.66. The molecule has 3 aromatic rings. The zero-order chi connectivity index (χ0) is 16.5. The fourth-order valence-electron chi connectivity index (χ4n) is 2.49. The van der Waals surface area contributed by atoms with Crippen LogP contribution in [-0.2, 0) is 0 Å². The van der Waals surface area contributed by atoms with Gasteiger partial charge in [-0.15, -0.1) is 11.3 Å². The summed E-state index contributed by atoms with van der Waals surface area (Å²) in [4.78, 5) is 13.5. The monoisotopic (exact) mass is 340 g/mol. The third kappa shape index (κ3) is 2.78. The second-order valence-corrected chi connectivity index (χ2v) is 6.55. The van der Waals surface area contributed by atoms with Gasteiger partial charge in [0.1, 0.15) is 10.7 Å². The molecule has 1 aromatic carbocycles. The van der Waals surface area contributed by atoms with E-state index in [1.165, 1.54) is 0 Å². The highest BCUT2D eigenvalue weighted by Crippen LogP contribution is 2.38. The van der Waals surface area contributed by atoms with Crippen molar-refractivity contribution in [2.24, 2.45) is 0 Å². The molecule has 0 atom stereocenters. The van der Waals surface area contributed by atoms with Gasteiger partial charge in [-0.2, -0.15) is 0 Å². The highest BCUT2D eigenvalue weighted by molar-refractivity contribution is 7.13. The van der Waals surface area contributed by atoms with Gasteiger partial charge in [0.15, 0.2) is 11.5 Å². The van der Waals surface area contributed by atoms with E-state index in [4.69, 9.17) is 9.47 Å². The van der Waals surface area contributed by atoms with Crippen LogP contribution in [0.3, 0.4) is 0 Å². The van der Waals surface area contributed by atoms with Gasteiger partial charge < -0.3 is 14.8 Å². The van der Waals surface area contributed by atoms with Gasteiger partial charge in [0.2, 0.25) is 12.7 Å². The number of nitrogens with zero attached hydrogens (tertiary/aromatic N) is 3. The van der Waals surface area contributed by atoms with Crippen LogP contribution in [0.15, 0.2) is 36.0 Å². The zero-order valence-electron chi connectivity index (χ0n) is 13.3. The van der Waals surface area contributed by atoms with E-state index < -0.39 is 0 Å². The lowest BCUT2D eigenvalue weighted by molar-refractivity contribution is 0.174. The van der Waals surface area contributed by atoms with Crippen molar-refractivity contribution < 1.29 is 9.47 Å². The van der Waals surface area contributed by atoms with Gasteiger partial charge in [-0.3, -0.25) is 0 Å². The van der Waals surface area contributed by atoms with Gasteiger partial charge in [0.05, 0.1) is 0 Å². The van der Waals surface area contributed by atoms with E-state index in [1.54, 1.807) is 17.5 Å². The van der Waals surface area contributed by atoms with Gasteiger partial charge in [-0.25, -0.2) is 15.0 Å². The van der Waals surface area contributed by atoms with Crippen molar-refractivity contribution in [3.8, 4) is 33.3 Å². The van der Waals surface area contributed by atoms with Crippen molar-refractivity contribution in [2.75, 3.05) is 12.1 Å². The average Bonchev–Trinajstić information content (AvgIpc) is 3.25. The van der Waals surface area contributed by atoms with E-state index in [0.717, 1.165) is 33.3 Å². The number of anilines is 1. The van der Waals surface area contributed by atoms with Crippen LogP contribution in [0.2, 0.25) is 0 Å². The summed E-state index contributed by atoms with van der Waals surface area (Å²) in [7, 11) is 0. The number of aromatic nitrogens is 3. The Labute approximate surface area is 143 Å². The molecule has 0 aliphatic carbocycles. The number of nitrogens with one attached hydrogen (secondary N) is 1. The fourth-order valence-corrected chi connectivity index (χ4v) is 3.13. The first-order valence-corrected chi connectivity index (χ1v) is 8.52. The Balaban J connectivity index is 1.82. The average molecular weight is 340 g/mol. The van der Waals surface area contributed by atoms with E-state index in [1.807, 2.05) is 29.8 Å². The molecule has 0 bridgehead atoms. The maximum atomic E-state index is 5.48. The van der Waals surface area contributed by atoms with Crippen LogP contribution in [0, 0.1) is 0 Å². The number of hydrogen-bond acceptors (Lipinski definition) is 7. The molecule has 0 saturated heterocycles. The number of fused-ring (bicyclic) bond motifs is 1. The highest BCUT2D eigenvalue weighted by Gasteiger charge is 2.18. The standard InChI is InChI=1S/C17H16N4O2S/c1-10(2)20-17-19-8-12(15(21-17)16-18-5-6-24-16)11-3-4-13-14(7-11)23-9-22-13/h3-8,10H,9H2,1-2H3,(H,19,20,21). The molecule has 0 radical (unpaired) electrons. The molecule has 6 nitrogen and oxygen atoms in total. The van der Waals surface area contributed by atoms with Crippen LogP contribution in [-0.4, -0.2) is 27.8 Å². The van der Waals surface area contributed by atoms with Crippen molar-refractivity contribution in [1.29, 1.82) is 0 Å². The van der Waals surface area contributed by atoms with Gasteiger partial charge in [0.25, 0.3) is 0 Å². The molecule has 0 amide bonds. The number of ether oxygens (including phenoxy) is 2. The van der Waals surface area contributed by atoms with E-state index in [2.05, 4.69) is 34.1 Å². The van der Waals surface area contributed by atoms with Gasteiger partial charge in [-0.05, 0) is 31.5 Å². The molecule has 1 aliphatic heterocycles. The van der Waals surface area contributed by atoms with Crippen LogP contribution in [0.1, 0.15) is 13.8 Å². The number of benzene rings is 1. The minimum Gasteiger partial charge on any atom is -0.454 e. The Bertz CT molecular complexity index is 865. The normalized spacial score (nSPS) is 12.6. The third-order valence-corrected chi connectivity index (χ3v) is 4.30. The molecular formula is C17H16N4O2S. The Kier molecular flexibility index (Phi) is 3.78. The van der Waals surface area contributed by atoms with E-state index in [0.29, 0.717) is 5.95 Å². The minimum absolute atomic E-state index is 0.255. The summed E-state index contributed by atoms with van der Waals surface area (Å²) in [6.45, 7) is 4.36. The largest absolute Gasteiger partial charge is 0.454 e.